The van der Waals surface area contributed by atoms with Gasteiger partial charge in [0.15, 0.2) is 0 Å². The second-order valence-electron chi connectivity index (χ2n) is 6.77. The molecule has 1 amide bonds. The molecule has 2 fully saturated rings. The third-order valence-electron chi connectivity index (χ3n) is 5.45. The summed E-state index contributed by atoms with van der Waals surface area (Å²) in [6.07, 6.45) is 9.77. The molecule has 2 aliphatic rings. The van der Waals surface area contributed by atoms with Crippen molar-refractivity contribution in [3.05, 3.63) is 35.9 Å². The van der Waals surface area contributed by atoms with E-state index in [0.717, 1.165) is 38.1 Å². The van der Waals surface area contributed by atoms with Crippen molar-refractivity contribution in [2.24, 2.45) is 17.8 Å². The Labute approximate surface area is 128 Å². The summed E-state index contributed by atoms with van der Waals surface area (Å²) < 4.78 is 0. The van der Waals surface area contributed by atoms with Crippen LogP contribution in [0.5, 0.6) is 0 Å². The van der Waals surface area contributed by atoms with Crippen LogP contribution in [0.4, 0.5) is 0 Å². The second kappa shape index (κ2) is 7.11. The highest BCUT2D eigenvalue weighted by molar-refractivity contribution is 5.79. The summed E-state index contributed by atoms with van der Waals surface area (Å²) in [4.78, 5) is 12.3. The number of hydrogen-bond acceptors (Lipinski definition) is 1. The minimum atomic E-state index is 0.326. The molecule has 0 spiro atoms. The van der Waals surface area contributed by atoms with Crippen molar-refractivity contribution in [1.29, 1.82) is 0 Å². The van der Waals surface area contributed by atoms with Gasteiger partial charge in [-0.05, 0) is 55.9 Å². The van der Waals surface area contributed by atoms with Gasteiger partial charge >= 0.3 is 0 Å². The molecule has 0 unspecified atom stereocenters. The van der Waals surface area contributed by atoms with Crippen molar-refractivity contribution in [1.82, 2.24) is 5.32 Å². The van der Waals surface area contributed by atoms with Crippen LogP contribution >= 0.6 is 0 Å². The molecule has 1 N–H and O–H groups in total. The van der Waals surface area contributed by atoms with Gasteiger partial charge in [0.25, 0.3) is 0 Å². The van der Waals surface area contributed by atoms with Gasteiger partial charge in [0.1, 0.15) is 0 Å². The second-order valence-corrected chi connectivity index (χ2v) is 6.77. The Morgan fingerprint density at radius 2 is 1.90 bits per heavy atom. The van der Waals surface area contributed by atoms with Crippen molar-refractivity contribution in [2.45, 2.75) is 51.4 Å². The third kappa shape index (κ3) is 3.66. The van der Waals surface area contributed by atoms with Gasteiger partial charge in [0.2, 0.25) is 5.91 Å². The summed E-state index contributed by atoms with van der Waals surface area (Å²) in [5.41, 5.74) is 1.40. The standard InChI is InChI=1S/C19H27NO/c21-19(18-13-12-16-10-6-11-17(16)18)20-14-5-4-9-15-7-2-1-3-8-15/h1-3,7-8,16-18H,4-6,9-14H2,(H,20,21)/t16-,17-,18-/m0/s1. The molecule has 2 heteroatoms. The fourth-order valence-electron chi connectivity index (χ4n) is 4.33. The first kappa shape index (κ1) is 14.6. The number of aryl methyl sites for hydroxylation is 1. The van der Waals surface area contributed by atoms with Crippen molar-refractivity contribution in [3.8, 4) is 0 Å². The third-order valence-corrected chi connectivity index (χ3v) is 5.45. The van der Waals surface area contributed by atoms with Crippen LogP contribution in [0.25, 0.3) is 0 Å². The van der Waals surface area contributed by atoms with Crippen LogP contribution in [-0.4, -0.2) is 12.5 Å². The van der Waals surface area contributed by atoms with Gasteiger partial charge in [0.05, 0.1) is 0 Å². The average Bonchev–Trinajstić information content (AvgIpc) is 3.10. The molecule has 2 saturated carbocycles. The van der Waals surface area contributed by atoms with E-state index in [0.29, 0.717) is 17.7 Å². The van der Waals surface area contributed by atoms with Gasteiger partial charge in [-0.2, -0.15) is 0 Å². The van der Waals surface area contributed by atoms with E-state index in [1.54, 1.807) is 0 Å². The lowest BCUT2D eigenvalue weighted by Gasteiger charge is -2.18. The monoisotopic (exact) mass is 285 g/mol. The molecule has 0 heterocycles. The smallest absolute Gasteiger partial charge is 0.223 e. The zero-order valence-corrected chi connectivity index (χ0v) is 12.9. The maximum absolute atomic E-state index is 12.3. The Morgan fingerprint density at radius 3 is 2.76 bits per heavy atom. The number of nitrogens with one attached hydrogen (secondary N) is 1. The van der Waals surface area contributed by atoms with E-state index in [9.17, 15) is 4.79 Å². The zero-order chi connectivity index (χ0) is 14.5. The molecule has 3 atom stereocenters. The molecular weight excluding hydrogens is 258 g/mol. The molecule has 0 aromatic heterocycles. The van der Waals surface area contributed by atoms with Crippen LogP contribution in [0.3, 0.4) is 0 Å². The fourth-order valence-corrected chi connectivity index (χ4v) is 4.33. The Hall–Kier alpha value is -1.31. The number of hydrogen-bond donors (Lipinski definition) is 1. The van der Waals surface area contributed by atoms with Gasteiger partial charge in [0, 0.05) is 12.5 Å². The maximum Gasteiger partial charge on any atom is 0.223 e. The molecule has 1 aromatic carbocycles. The lowest BCUT2D eigenvalue weighted by molar-refractivity contribution is -0.126. The van der Waals surface area contributed by atoms with E-state index in [-0.39, 0.29) is 0 Å². The Balaban J connectivity index is 1.33. The highest BCUT2D eigenvalue weighted by Crippen LogP contribution is 2.47. The number of carbonyl (C=O) groups excluding carboxylic acids is 1. The topological polar surface area (TPSA) is 29.1 Å². The van der Waals surface area contributed by atoms with Crippen molar-refractivity contribution in [3.63, 3.8) is 0 Å². The van der Waals surface area contributed by atoms with Gasteiger partial charge in [-0.25, -0.2) is 0 Å². The fraction of sp³-hybridized carbons (Fsp3) is 0.632. The van der Waals surface area contributed by atoms with E-state index in [4.69, 9.17) is 0 Å². The van der Waals surface area contributed by atoms with Gasteiger partial charge in [-0.3, -0.25) is 4.79 Å². The summed E-state index contributed by atoms with van der Waals surface area (Å²) >= 11 is 0. The van der Waals surface area contributed by atoms with E-state index in [1.807, 2.05) is 0 Å². The minimum Gasteiger partial charge on any atom is -0.356 e. The number of unbranched alkanes of at least 4 members (excludes halogenated alkanes) is 1. The number of fused-ring (bicyclic) bond motifs is 1. The highest BCUT2D eigenvalue weighted by atomic mass is 16.1. The summed E-state index contributed by atoms with van der Waals surface area (Å²) in [6, 6.07) is 10.6. The molecule has 1 aromatic rings. The molecular formula is C19H27NO. The largest absolute Gasteiger partial charge is 0.356 e. The Bertz CT molecular complexity index is 456. The van der Waals surface area contributed by atoms with Crippen LogP contribution in [-0.2, 0) is 11.2 Å². The summed E-state index contributed by atoms with van der Waals surface area (Å²) in [6.45, 7) is 0.847. The Kier molecular flexibility index (Phi) is 4.95. The molecule has 0 radical (unpaired) electrons. The van der Waals surface area contributed by atoms with E-state index >= 15 is 0 Å². The zero-order valence-electron chi connectivity index (χ0n) is 12.9. The molecule has 3 rings (SSSR count). The number of carbonyl (C=O) groups is 1. The van der Waals surface area contributed by atoms with Gasteiger partial charge < -0.3 is 5.32 Å². The molecule has 0 saturated heterocycles. The van der Waals surface area contributed by atoms with E-state index in [2.05, 4.69) is 35.6 Å². The summed E-state index contributed by atoms with van der Waals surface area (Å²) in [5.74, 6) is 2.23. The predicted octanol–water partition coefficient (Wildman–Crippen LogP) is 3.95. The van der Waals surface area contributed by atoms with Crippen molar-refractivity contribution >= 4 is 5.91 Å². The summed E-state index contributed by atoms with van der Waals surface area (Å²) in [5, 5.41) is 3.18. The molecule has 0 aliphatic heterocycles. The predicted molar refractivity (Wildman–Crippen MR) is 85.9 cm³/mol. The average molecular weight is 285 g/mol. The van der Waals surface area contributed by atoms with Gasteiger partial charge in [-0.1, -0.05) is 43.2 Å². The minimum absolute atomic E-state index is 0.326. The maximum atomic E-state index is 12.3. The molecule has 0 bridgehead atoms. The number of rotatable bonds is 6. The van der Waals surface area contributed by atoms with Crippen LogP contribution in [0.15, 0.2) is 30.3 Å². The van der Waals surface area contributed by atoms with E-state index < -0.39 is 0 Å². The van der Waals surface area contributed by atoms with Crippen LogP contribution < -0.4 is 5.32 Å². The van der Waals surface area contributed by atoms with Crippen molar-refractivity contribution < 1.29 is 4.79 Å². The highest BCUT2D eigenvalue weighted by Gasteiger charge is 2.42. The quantitative estimate of drug-likeness (QED) is 0.788. The molecule has 21 heavy (non-hydrogen) atoms. The molecule has 2 aliphatic carbocycles. The summed E-state index contributed by atoms with van der Waals surface area (Å²) in [7, 11) is 0. The first-order valence-electron chi connectivity index (χ1n) is 8.66. The van der Waals surface area contributed by atoms with Crippen LogP contribution in [0.2, 0.25) is 0 Å². The number of amides is 1. The van der Waals surface area contributed by atoms with E-state index in [1.165, 1.54) is 31.2 Å². The van der Waals surface area contributed by atoms with Crippen LogP contribution in [0.1, 0.15) is 50.5 Å². The first-order chi connectivity index (χ1) is 10.3. The normalized spacial score (nSPS) is 27.5. The van der Waals surface area contributed by atoms with Gasteiger partial charge in [-0.15, -0.1) is 0 Å². The SMILES string of the molecule is O=C(NCCCCc1ccccc1)[C@H]1CC[C@@H]2CCC[C@@H]21. The first-order valence-corrected chi connectivity index (χ1v) is 8.66. The van der Waals surface area contributed by atoms with Crippen molar-refractivity contribution in [2.75, 3.05) is 6.54 Å². The Morgan fingerprint density at radius 1 is 1.05 bits per heavy atom. The lowest BCUT2D eigenvalue weighted by Crippen LogP contribution is -2.33. The van der Waals surface area contributed by atoms with Crippen LogP contribution in [0, 0.1) is 17.8 Å². The molecule has 2 nitrogen and oxygen atoms in total. The molecule has 114 valence electrons. The number of benzene rings is 1. The lowest BCUT2D eigenvalue weighted by atomic mass is 9.91.